The molecule has 0 bridgehead atoms. The predicted octanol–water partition coefficient (Wildman–Crippen LogP) is 5.51. The molecule has 0 unspecified atom stereocenters. The van der Waals surface area contributed by atoms with Crippen molar-refractivity contribution in [1.82, 2.24) is 24.4 Å². The van der Waals surface area contributed by atoms with Gasteiger partial charge in [0, 0.05) is 50.4 Å². The molecule has 0 aliphatic carbocycles. The van der Waals surface area contributed by atoms with Gasteiger partial charge in [0.05, 0.1) is 54.2 Å². The van der Waals surface area contributed by atoms with Crippen LogP contribution in [0.25, 0.3) is 27.5 Å². The van der Waals surface area contributed by atoms with Crippen molar-refractivity contribution in [3.05, 3.63) is 104 Å². The molecule has 1 fully saturated rings. The zero-order valence-corrected chi connectivity index (χ0v) is 31.6. The molecule has 2 atom stereocenters. The van der Waals surface area contributed by atoms with E-state index < -0.39 is 46.9 Å². The van der Waals surface area contributed by atoms with Crippen LogP contribution in [0.3, 0.4) is 0 Å². The number of hydrogen-bond acceptors (Lipinski definition) is 9. The number of methoxy groups -OCH3 is 1. The number of morpholine rings is 1. The number of nitrogens with one attached hydrogen (secondary N) is 1. The van der Waals surface area contributed by atoms with Crippen LogP contribution in [-0.4, -0.2) is 75.9 Å². The summed E-state index contributed by atoms with van der Waals surface area (Å²) in [4.78, 5) is 63.3. The lowest BCUT2D eigenvalue weighted by Crippen LogP contribution is -2.54. The minimum absolute atomic E-state index is 0.103. The van der Waals surface area contributed by atoms with Gasteiger partial charge in [-0.1, -0.05) is 39.8 Å². The molecule has 5 aromatic rings. The van der Waals surface area contributed by atoms with E-state index >= 15 is 4.39 Å². The number of carbonyl (C=O) groups is 2. The summed E-state index contributed by atoms with van der Waals surface area (Å²) < 4.78 is 56.8. The molecule has 1 aliphatic heterocycles. The molecule has 54 heavy (non-hydrogen) atoms. The number of ether oxygens (including phenoxy) is 2. The van der Waals surface area contributed by atoms with Gasteiger partial charge in [0.2, 0.25) is 0 Å². The van der Waals surface area contributed by atoms with Gasteiger partial charge in [-0.25, -0.2) is 27.3 Å². The molecule has 1 amide bonds. The quantitative estimate of drug-likeness (QED) is 0.204. The molecule has 3 aromatic heterocycles. The van der Waals surface area contributed by atoms with Crippen molar-refractivity contribution in [2.24, 2.45) is 7.05 Å². The number of halogens is 3. The fraction of sp³-hybridized carbons (Fsp3) is 0.385. The van der Waals surface area contributed by atoms with Gasteiger partial charge in [0.15, 0.2) is 0 Å². The summed E-state index contributed by atoms with van der Waals surface area (Å²) >= 11 is 0. The van der Waals surface area contributed by atoms with Gasteiger partial charge >= 0.3 is 11.7 Å². The number of benzene rings is 2. The Kier molecular flexibility index (Phi) is 13.4. The van der Waals surface area contributed by atoms with Crippen molar-refractivity contribution in [2.75, 3.05) is 31.8 Å². The lowest BCUT2D eigenvalue weighted by Gasteiger charge is -2.40. The molecule has 6 rings (SSSR count). The third-order valence-corrected chi connectivity index (χ3v) is 8.91. The minimum atomic E-state index is -3.13. The molecule has 1 saturated heterocycles. The van der Waals surface area contributed by atoms with Crippen LogP contribution in [-0.2, 0) is 27.7 Å². The maximum absolute atomic E-state index is 15.6. The number of pyridine rings is 2. The Labute approximate surface area is 310 Å². The Morgan fingerprint density at radius 2 is 1.80 bits per heavy atom. The highest BCUT2D eigenvalue weighted by atomic mass is 19.3. The van der Waals surface area contributed by atoms with Crippen LogP contribution in [0.15, 0.2) is 70.6 Å². The Bertz CT molecular complexity index is 2250. The van der Waals surface area contributed by atoms with Crippen LogP contribution >= 0.6 is 0 Å². The average molecular weight is 751 g/mol. The van der Waals surface area contributed by atoms with E-state index in [9.17, 15) is 28.0 Å². The van der Waals surface area contributed by atoms with E-state index in [0.29, 0.717) is 16.5 Å². The Balaban J connectivity index is 0.00000157. The SMILES string of the molecule is CC.CC.COC(=O)[C@H](Cc1ccc(-n2c(=O)c3ccncc3n(C)c2=O)c2ncccc12)NC(=O)c1c(C)cc(N2CCOC[C@@H]2C(C)(F)F)cc1F. The first kappa shape index (κ1) is 41.2. The highest BCUT2D eigenvalue weighted by Crippen LogP contribution is 2.32. The van der Waals surface area contributed by atoms with Crippen LogP contribution in [0.5, 0.6) is 0 Å². The largest absolute Gasteiger partial charge is 0.467 e. The van der Waals surface area contributed by atoms with E-state index in [1.807, 2.05) is 27.7 Å². The van der Waals surface area contributed by atoms with Crippen molar-refractivity contribution in [1.29, 1.82) is 0 Å². The molecule has 1 N–H and O–H groups in total. The molecule has 0 spiro atoms. The summed E-state index contributed by atoms with van der Waals surface area (Å²) in [5.74, 6) is -5.82. The van der Waals surface area contributed by atoms with E-state index in [1.165, 1.54) is 60.2 Å². The standard InChI is InChI=1S/C35H33F3N6O6.2C2H6/c1-19-14-21(43-12-13-50-18-28(43)35(2,37)38)16-24(36)29(19)31(45)41-25(33(47)49-4)15-20-7-8-26(30-22(20)6-5-10-40-30)44-32(46)23-9-11-39-17-27(23)42(3)34(44)48;2*1-2/h5-11,14,16-17,25,28H,12-13,15,18H2,1-4H3,(H,41,45);2*1-2H3/t25-,28+;;/m0../s1. The van der Waals surface area contributed by atoms with E-state index in [0.717, 1.165) is 24.7 Å². The Morgan fingerprint density at radius 1 is 1.07 bits per heavy atom. The first-order chi connectivity index (χ1) is 25.8. The fourth-order valence-electron chi connectivity index (χ4n) is 6.38. The topological polar surface area (TPSA) is 138 Å². The van der Waals surface area contributed by atoms with Crippen molar-refractivity contribution in [2.45, 2.75) is 66.0 Å². The van der Waals surface area contributed by atoms with Crippen LogP contribution in [0.4, 0.5) is 18.9 Å². The molecule has 4 heterocycles. The Morgan fingerprint density at radius 3 is 2.46 bits per heavy atom. The summed E-state index contributed by atoms with van der Waals surface area (Å²) in [6, 6.07) is 7.82. The lowest BCUT2D eigenvalue weighted by molar-refractivity contribution is -0.142. The number of fused-ring (bicyclic) bond motifs is 2. The van der Waals surface area contributed by atoms with Crippen molar-refractivity contribution >= 4 is 39.4 Å². The van der Waals surface area contributed by atoms with Crippen molar-refractivity contribution < 1.29 is 32.2 Å². The number of anilines is 1. The number of rotatable bonds is 8. The lowest BCUT2D eigenvalue weighted by atomic mass is 9.99. The van der Waals surface area contributed by atoms with Crippen molar-refractivity contribution in [3.8, 4) is 5.69 Å². The van der Waals surface area contributed by atoms with Crippen LogP contribution in [0.2, 0.25) is 0 Å². The number of nitrogens with zero attached hydrogens (tertiary/aromatic N) is 5. The highest BCUT2D eigenvalue weighted by molar-refractivity contribution is 5.99. The van der Waals surface area contributed by atoms with Gasteiger partial charge in [-0.2, -0.15) is 0 Å². The van der Waals surface area contributed by atoms with Gasteiger partial charge in [0.25, 0.3) is 17.4 Å². The molecular formula is C39H45F3N6O6. The third-order valence-electron chi connectivity index (χ3n) is 8.91. The summed E-state index contributed by atoms with van der Waals surface area (Å²) in [5.41, 5.74) is 0.144. The van der Waals surface area contributed by atoms with Gasteiger partial charge in [-0.15, -0.1) is 0 Å². The molecule has 288 valence electrons. The second-order valence-electron chi connectivity index (χ2n) is 12.1. The Hall–Kier alpha value is -5.57. The molecule has 12 nitrogen and oxygen atoms in total. The number of amides is 1. The zero-order chi connectivity index (χ0) is 39.9. The molecular weight excluding hydrogens is 705 g/mol. The minimum Gasteiger partial charge on any atom is -0.467 e. The smallest absolute Gasteiger partial charge is 0.335 e. The number of hydrogen-bond donors (Lipinski definition) is 1. The predicted molar refractivity (Wildman–Crippen MR) is 201 cm³/mol. The number of esters is 1. The number of aryl methyl sites for hydroxylation is 2. The monoisotopic (exact) mass is 750 g/mol. The van der Waals surface area contributed by atoms with Gasteiger partial charge in [0.1, 0.15) is 17.9 Å². The van der Waals surface area contributed by atoms with Crippen molar-refractivity contribution in [3.63, 3.8) is 0 Å². The summed E-state index contributed by atoms with van der Waals surface area (Å²) in [7, 11) is 2.67. The zero-order valence-electron chi connectivity index (χ0n) is 31.6. The summed E-state index contributed by atoms with van der Waals surface area (Å²) in [6.07, 6.45) is 4.24. The molecule has 0 radical (unpaired) electrons. The first-order valence-electron chi connectivity index (χ1n) is 17.7. The average Bonchev–Trinajstić information content (AvgIpc) is 3.18. The molecule has 2 aromatic carbocycles. The maximum Gasteiger partial charge on any atom is 0.335 e. The highest BCUT2D eigenvalue weighted by Gasteiger charge is 2.41. The van der Waals surface area contributed by atoms with E-state index in [-0.39, 0.29) is 59.6 Å². The van der Waals surface area contributed by atoms with Crippen LogP contribution < -0.4 is 21.5 Å². The number of aromatic nitrogens is 4. The third kappa shape index (κ3) is 8.15. The van der Waals surface area contributed by atoms with Gasteiger partial charge in [-0.3, -0.25) is 24.1 Å². The summed E-state index contributed by atoms with van der Waals surface area (Å²) in [6.45, 7) is 10.3. The maximum atomic E-state index is 15.6. The first-order valence-corrected chi connectivity index (χ1v) is 17.7. The number of alkyl halides is 2. The molecule has 0 saturated carbocycles. The van der Waals surface area contributed by atoms with Gasteiger partial charge in [-0.05, 0) is 48.4 Å². The van der Waals surface area contributed by atoms with Gasteiger partial charge < -0.3 is 19.7 Å². The van der Waals surface area contributed by atoms with Crippen LogP contribution in [0.1, 0.15) is 56.1 Å². The molecule has 15 heteroatoms. The van der Waals surface area contributed by atoms with E-state index in [1.54, 1.807) is 18.2 Å². The van der Waals surface area contributed by atoms with E-state index in [4.69, 9.17) is 9.47 Å². The second kappa shape index (κ2) is 17.5. The van der Waals surface area contributed by atoms with E-state index in [2.05, 4.69) is 15.3 Å². The molecule has 1 aliphatic rings. The number of carbonyl (C=O) groups excluding carboxylic acids is 2. The fourth-order valence-corrected chi connectivity index (χ4v) is 6.38. The summed E-state index contributed by atoms with van der Waals surface area (Å²) in [5, 5.41) is 3.31. The normalized spacial score (nSPS) is 14.7. The van der Waals surface area contributed by atoms with Crippen LogP contribution in [0, 0.1) is 12.7 Å². The second-order valence-corrected chi connectivity index (χ2v) is 12.1.